The molecule has 102 valence electrons. The first kappa shape index (κ1) is 12.9. The number of rotatable bonds is 2. The molecule has 0 aliphatic carbocycles. The second kappa shape index (κ2) is 5.11. The summed E-state index contributed by atoms with van der Waals surface area (Å²) in [5, 5.41) is 8.80. The van der Waals surface area contributed by atoms with Gasteiger partial charge < -0.3 is 4.90 Å². The van der Waals surface area contributed by atoms with Gasteiger partial charge in [-0.25, -0.2) is 8.51 Å². The van der Waals surface area contributed by atoms with E-state index < -0.39 is 11.0 Å². The predicted octanol–water partition coefficient (Wildman–Crippen LogP) is 1.63. The Kier molecular flexibility index (Phi) is 3.47. The number of fused-ring (bicyclic) bond motifs is 1. The van der Waals surface area contributed by atoms with E-state index in [-0.39, 0.29) is 0 Å². The first-order chi connectivity index (χ1) is 9.15. The van der Waals surface area contributed by atoms with E-state index in [1.165, 1.54) is 0 Å². The van der Waals surface area contributed by atoms with Gasteiger partial charge in [0.15, 0.2) is 0 Å². The second-order valence-corrected chi connectivity index (χ2v) is 6.40. The highest BCUT2D eigenvalue weighted by atomic mass is 35.5. The van der Waals surface area contributed by atoms with Crippen molar-refractivity contribution in [2.45, 2.75) is 0 Å². The lowest BCUT2D eigenvalue weighted by atomic mass is 10.2. The SMILES string of the molecule is CS(=O)N1CCN(c2cc(Cl)cc3[nH]ncc23)CC1. The van der Waals surface area contributed by atoms with E-state index >= 15 is 0 Å². The Bertz CT molecular complexity index is 621. The highest BCUT2D eigenvalue weighted by Crippen LogP contribution is 2.30. The molecule has 0 saturated carbocycles. The van der Waals surface area contributed by atoms with Crippen molar-refractivity contribution >= 4 is 39.2 Å². The average molecular weight is 299 g/mol. The lowest BCUT2D eigenvalue weighted by Gasteiger charge is -2.34. The summed E-state index contributed by atoms with van der Waals surface area (Å²) < 4.78 is 13.4. The van der Waals surface area contributed by atoms with Gasteiger partial charge in [-0.2, -0.15) is 5.10 Å². The second-order valence-electron chi connectivity index (χ2n) is 4.60. The highest BCUT2D eigenvalue weighted by Gasteiger charge is 2.21. The predicted molar refractivity (Wildman–Crippen MR) is 79.0 cm³/mol. The van der Waals surface area contributed by atoms with Crippen LogP contribution in [0.15, 0.2) is 18.3 Å². The largest absolute Gasteiger partial charge is 0.368 e. The zero-order valence-corrected chi connectivity index (χ0v) is 12.2. The van der Waals surface area contributed by atoms with Crippen LogP contribution in [0.1, 0.15) is 0 Å². The number of hydrogen-bond acceptors (Lipinski definition) is 3. The maximum atomic E-state index is 11.4. The van der Waals surface area contributed by atoms with Crippen molar-refractivity contribution < 1.29 is 4.21 Å². The van der Waals surface area contributed by atoms with Crippen LogP contribution in [0.2, 0.25) is 5.02 Å². The highest BCUT2D eigenvalue weighted by molar-refractivity contribution is 7.81. The Balaban J connectivity index is 1.89. The first-order valence-electron chi connectivity index (χ1n) is 6.11. The van der Waals surface area contributed by atoms with Gasteiger partial charge in [-0.15, -0.1) is 0 Å². The number of hydrogen-bond donors (Lipinski definition) is 1. The summed E-state index contributed by atoms with van der Waals surface area (Å²) in [7, 11) is -0.885. The standard InChI is InChI=1S/C12H15ClN4OS/c1-19(18)17-4-2-16(3-5-17)12-7-9(13)6-11-10(12)8-14-15-11/h6-8H,2-5H2,1H3,(H,14,15). The van der Waals surface area contributed by atoms with Crippen molar-refractivity contribution in [2.24, 2.45) is 0 Å². The minimum atomic E-state index is -0.885. The molecule has 1 fully saturated rings. The third-order valence-corrected chi connectivity index (χ3v) is 4.76. The molecule has 2 heterocycles. The summed E-state index contributed by atoms with van der Waals surface area (Å²) >= 11 is 6.15. The van der Waals surface area contributed by atoms with E-state index in [2.05, 4.69) is 15.1 Å². The fraction of sp³-hybridized carbons (Fsp3) is 0.417. The normalized spacial score (nSPS) is 18.9. The monoisotopic (exact) mass is 298 g/mol. The molecule has 1 unspecified atom stereocenters. The van der Waals surface area contributed by atoms with Gasteiger partial charge in [0, 0.05) is 48.5 Å². The van der Waals surface area contributed by atoms with Crippen LogP contribution in [0.4, 0.5) is 5.69 Å². The maximum absolute atomic E-state index is 11.4. The molecule has 3 rings (SSSR count). The summed E-state index contributed by atoms with van der Waals surface area (Å²) in [6.07, 6.45) is 3.55. The van der Waals surface area contributed by atoms with Crippen molar-refractivity contribution in [3.63, 3.8) is 0 Å². The Hall–Kier alpha value is -1.11. The van der Waals surface area contributed by atoms with Gasteiger partial charge in [0.05, 0.1) is 22.7 Å². The average Bonchev–Trinajstić information content (AvgIpc) is 2.85. The van der Waals surface area contributed by atoms with Crippen LogP contribution in [0, 0.1) is 0 Å². The van der Waals surface area contributed by atoms with Crippen LogP contribution in [-0.4, -0.2) is 51.1 Å². The van der Waals surface area contributed by atoms with Crippen LogP contribution >= 0.6 is 11.6 Å². The Labute approximate surface area is 119 Å². The molecule has 7 heteroatoms. The molecule has 1 aromatic heterocycles. The van der Waals surface area contributed by atoms with E-state index in [1.807, 2.05) is 22.6 Å². The number of piperazine rings is 1. The Morgan fingerprint density at radius 1 is 1.32 bits per heavy atom. The number of benzene rings is 1. The molecule has 19 heavy (non-hydrogen) atoms. The first-order valence-corrected chi connectivity index (χ1v) is 8.00. The fourth-order valence-corrected chi connectivity index (χ4v) is 3.34. The van der Waals surface area contributed by atoms with Gasteiger partial charge >= 0.3 is 0 Å². The lowest BCUT2D eigenvalue weighted by Crippen LogP contribution is -2.46. The zero-order chi connectivity index (χ0) is 13.4. The number of nitrogens with one attached hydrogen (secondary N) is 1. The molecule has 1 atom stereocenters. The molecule has 1 aliphatic rings. The van der Waals surface area contributed by atoms with Gasteiger partial charge in [0.1, 0.15) is 0 Å². The fourth-order valence-electron chi connectivity index (χ4n) is 2.45. The molecule has 0 radical (unpaired) electrons. The summed E-state index contributed by atoms with van der Waals surface area (Å²) in [5.41, 5.74) is 2.04. The number of aromatic amines is 1. The molecule has 1 aliphatic heterocycles. The number of aromatic nitrogens is 2. The van der Waals surface area contributed by atoms with Crippen LogP contribution in [0.3, 0.4) is 0 Å². The van der Waals surface area contributed by atoms with Crippen LogP contribution in [-0.2, 0) is 11.0 Å². The zero-order valence-electron chi connectivity index (χ0n) is 10.6. The van der Waals surface area contributed by atoms with Crippen LogP contribution in [0.25, 0.3) is 10.9 Å². The van der Waals surface area contributed by atoms with Gasteiger partial charge in [0.25, 0.3) is 0 Å². The van der Waals surface area contributed by atoms with Crippen LogP contribution in [0.5, 0.6) is 0 Å². The third kappa shape index (κ3) is 2.48. The summed E-state index contributed by atoms with van der Waals surface area (Å²) in [6.45, 7) is 3.30. The quantitative estimate of drug-likeness (QED) is 0.917. The third-order valence-electron chi connectivity index (χ3n) is 3.44. The number of anilines is 1. The van der Waals surface area contributed by atoms with Crippen molar-refractivity contribution in [3.05, 3.63) is 23.4 Å². The van der Waals surface area contributed by atoms with Crippen LogP contribution < -0.4 is 4.90 Å². The summed E-state index contributed by atoms with van der Waals surface area (Å²) in [6, 6.07) is 3.85. The Morgan fingerprint density at radius 3 is 2.74 bits per heavy atom. The Morgan fingerprint density at radius 2 is 2.05 bits per heavy atom. The minimum Gasteiger partial charge on any atom is -0.368 e. The van der Waals surface area contributed by atoms with Gasteiger partial charge in [0.2, 0.25) is 0 Å². The molecule has 5 nitrogen and oxygen atoms in total. The van der Waals surface area contributed by atoms with Gasteiger partial charge in [-0.05, 0) is 12.1 Å². The molecule has 0 spiro atoms. The smallest absolute Gasteiger partial charge is 0.0911 e. The molecule has 1 N–H and O–H groups in total. The lowest BCUT2D eigenvalue weighted by molar-refractivity contribution is 0.412. The van der Waals surface area contributed by atoms with Crippen molar-refractivity contribution in [2.75, 3.05) is 37.3 Å². The van der Waals surface area contributed by atoms with Crippen molar-refractivity contribution in [3.8, 4) is 0 Å². The molecular formula is C12H15ClN4OS. The topological polar surface area (TPSA) is 52.2 Å². The van der Waals surface area contributed by atoms with E-state index in [9.17, 15) is 4.21 Å². The molecule has 1 aromatic carbocycles. The van der Waals surface area contributed by atoms with Crippen molar-refractivity contribution in [1.82, 2.24) is 14.5 Å². The number of nitrogens with zero attached hydrogens (tertiary/aromatic N) is 3. The van der Waals surface area contributed by atoms with E-state index in [0.717, 1.165) is 42.8 Å². The molecular weight excluding hydrogens is 284 g/mol. The van der Waals surface area contributed by atoms with Crippen molar-refractivity contribution in [1.29, 1.82) is 0 Å². The van der Waals surface area contributed by atoms with Gasteiger partial charge in [-0.3, -0.25) is 5.10 Å². The minimum absolute atomic E-state index is 0.702. The van der Waals surface area contributed by atoms with E-state index in [0.29, 0.717) is 5.02 Å². The molecule has 0 amide bonds. The number of halogens is 1. The summed E-state index contributed by atoms with van der Waals surface area (Å²) in [5.74, 6) is 0. The van der Waals surface area contributed by atoms with Gasteiger partial charge in [-0.1, -0.05) is 11.6 Å². The van der Waals surface area contributed by atoms with E-state index in [4.69, 9.17) is 11.6 Å². The van der Waals surface area contributed by atoms with E-state index in [1.54, 1.807) is 6.26 Å². The molecule has 0 bridgehead atoms. The molecule has 1 saturated heterocycles. The number of H-pyrrole nitrogens is 1. The maximum Gasteiger partial charge on any atom is 0.0911 e. The molecule has 2 aromatic rings. The summed E-state index contributed by atoms with van der Waals surface area (Å²) in [4.78, 5) is 2.27.